The van der Waals surface area contributed by atoms with E-state index in [0.717, 1.165) is 36.4 Å². The molecule has 1 saturated heterocycles. The molecule has 1 amide bonds. The Morgan fingerprint density at radius 1 is 0.977 bits per heavy atom. The Hall–Kier alpha value is -3.56. The van der Waals surface area contributed by atoms with Crippen molar-refractivity contribution in [2.24, 2.45) is 4.99 Å². The van der Waals surface area contributed by atoms with Crippen LogP contribution in [0.25, 0.3) is 6.08 Å². The van der Waals surface area contributed by atoms with Crippen LogP contribution >= 0.6 is 23.1 Å². The Kier molecular flexibility index (Phi) is 9.28. The van der Waals surface area contributed by atoms with E-state index in [1.54, 1.807) is 29.5 Å². The molecular weight excluding hydrogens is 630 g/mol. The molecule has 5 rings (SSSR count). The third-order valence-electron chi connectivity index (χ3n) is 6.92. The molecule has 0 unspecified atom stereocenters. The first-order valence-corrected chi connectivity index (χ1v) is 15.0. The summed E-state index contributed by atoms with van der Waals surface area (Å²) in [4.78, 5) is 26.2. The molecule has 44 heavy (non-hydrogen) atoms. The third kappa shape index (κ3) is 7.56. The van der Waals surface area contributed by atoms with Crippen LogP contribution in [0.4, 0.5) is 26.3 Å². The number of aryl methyl sites for hydroxylation is 1. The zero-order chi connectivity index (χ0) is 31.6. The molecule has 2 aliphatic rings. The third-order valence-corrected chi connectivity index (χ3v) is 8.78. The zero-order valence-corrected chi connectivity index (χ0v) is 25.1. The summed E-state index contributed by atoms with van der Waals surface area (Å²) in [5.74, 6) is -0.134. The van der Waals surface area contributed by atoms with E-state index in [4.69, 9.17) is 9.47 Å². The zero-order valence-electron chi connectivity index (χ0n) is 23.5. The van der Waals surface area contributed by atoms with Gasteiger partial charge in [0.25, 0.3) is 5.91 Å². The Balaban J connectivity index is 1.22. The second kappa shape index (κ2) is 12.8. The lowest BCUT2D eigenvalue weighted by atomic mass is 10.0. The van der Waals surface area contributed by atoms with E-state index in [1.165, 1.54) is 24.9 Å². The lowest BCUT2D eigenvalue weighted by molar-refractivity contribution is -0.143. The quantitative estimate of drug-likeness (QED) is 0.203. The largest absolute Gasteiger partial charge is 0.493 e. The first-order valence-electron chi connectivity index (χ1n) is 13.3. The molecule has 0 saturated carbocycles. The summed E-state index contributed by atoms with van der Waals surface area (Å²) >= 11 is 2.88. The number of amidine groups is 1. The number of carbonyl (C=O) groups is 1. The van der Waals surface area contributed by atoms with Crippen LogP contribution in [0.5, 0.6) is 11.5 Å². The molecule has 0 bridgehead atoms. The number of benzene rings is 2. The van der Waals surface area contributed by atoms with Crippen LogP contribution < -0.4 is 9.47 Å². The molecule has 0 spiro atoms. The molecule has 1 fully saturated rings. The number of thioether (sulfide) groups is 1. The van der Waals surface area contributed by atoms with Gasteiger partial charge < -0.3 is 14.4 Å². The van der Waals surface area contributed by atoms with Gasteiger partial charge in [0, 0.05) is 43.7 Å². The van der Waals surface area contributed by atoms with Crippen LogP contribution in [0.15, 0.2) is 51.7 Å². The number of aromatic nitrogens is 1. The topological polar surface area (TPSA) is 67.3 Å². The normalized spacial score (nSPS) is 17.4. The van der Waals surface area contributed by atoms with Gasteiger partial charge in [0.1, 0.15) is 6.61 Å². The van der Waals surface area contributed by atoms with Gasteiger partial charge in [-0.15, -0.1) is 11.3 Å². The minimum absolute atomic E-state index is 0.0705. The van der Waals surface area contributed by atoms with Crippen molar-refractivity contribution in [1.29, 1.82) is 0 Å². The maximum Gasteiger partial charge on any atom is 0.416 e. The van der Waals surface area contributed by atoms with Crippen LogP contribution in [0.3, 0.4) is 0 Å². The number of thiazole rings is 1. The molecule has 3 aromatic rings. The van der Waals surface area contributed by atoms with Gasteiger partial charge in [-0.05, 0) is 54.6 Å². The summed E-state index contributed by atoms with van der Waals surface area (Å²) in [6.45, 7) is 5.14. The van der Waals surface area contributed by atoms with Crippen LogP contribution in [-0.4, -0.2) is 59.1 Å². The van der Waals surface area contributed by atoms with E-state index < -0.39 is 35.6 Å². The number of amides is 1. The smallest absolute Gasteiger partial charge is 0.416 e. The van der Waals surface area contributed by atoms with Gasteiger partial charge in [-0.25, -0.2) is 4.98 Å². The fourth-order valence-electron chi connectivity index (χ4n) is 4.68. The number of methoxy groups -OCH3 is 1. The van der Waals surface area contributed by atoms with Crippen LogP contribution in [0.2, 0.25) is 0 Å². The van der Waals surface area contributed by atoms with Gasteiger partial charge in [0.05, 0.1) is 33.8 Å². The van der Waals surface area contributed by atoms with Gasteiger partial charge in [-0.1, -0.05) is 12.1 Å². The molecule has 0 N–H and O–H groups in total. The predicted molar refractivity (Wildman–Crippen MR) is 155 cm³/mol. The van der Waals surface area contributed by atoms with Crippen molar-refractivity contribution >= 4 is 40.2 Å². The van der Waals surface area contributed by atoms with Crippen LogP contribution in [0.1, 0.15) is 33.0 Å². The number of hydrogen-bond donors (Lipinski definition) is 0. The molecule has 234 valence electrons. The minimum Gasteiger partial charge on any atom is -0.493 e. The maximum absolute atomic E-state index is 13.5. The Bertz CT molecular complexity index is 1590. The average Bonchev–Trinajstić information content (AvgIpc) is 3.55. The fourth-order valence-corrected chi connectivity index (χ4v) is 6.25. The van der Waals surface area contributed by atoms with Crippen molar-refractivity contribution in [3.05, 3.63) is 79.6 Å². The SMILES string of the molecule is COc1cc(C=C2SC(N3CCN(Cc4csc(C)n4)CC3)=NC2=O)ccc1OCc1ccc(C(F)(F)F)cc1C(F)(F)F. The van der Waals surface area contributed by atoms with Crippen molar-refractivity contribution in [3.63, 3.8) is 0 Å². The number of rotatable bonds is 7. The number of carbonyl (C=O) groups excluding carboxylic acids is 1. The number of ether oxygens (including phenoxy) is 2. The Morgan fingerprint density at radius 2 is 1.73 bits per heavy atom. The van der Waals surface area contributed by atoms with E-state index in [0.29, 0.717) is 34.8 Å². The highest BCUT2D eigenvalue weighted by molar-refractivity contribution is 8.18. The maximum atomic E-state index is 13.5. The van der Waals surface area contributed by atoms with Crippen LogP contribution in [0, 0.1) is 6.92 Å². The highest BCUT2D eigenvalue weighted by Crippen LogP contribution is 2.39. The summed E-state index contributed by atoms with van der Waals surface area (Å²) in [6.07, 6.45) is -8.30. The standard InChI is InChI=1S/C29H26F6N4O3S2/c1-17-36-21(16-43-17)14-38-7-9-39(10-8-38)27-37-26(40)25(44-27)12-18-3-6-23(24(11-18)41-2)42-15-19-4-5-20(28(30,31)32)13-22(19)29(33,34)35/h3-6,11-13,16H,7-10,14-15H2,1-2H3. The van der Waals surface area contributed by atoms with Crippen molar-refractivity contribution in [1.82, 2.24) is 14.8 Å². The van der Waals surface area contributed by atoms with Crippen molar-refractivity contribution < 1.29 is 40.6 Å². The Labute approximate surface area is 257 Å². The lowest BCUT2D eigenvalue weighted by Gasteiger charge is -2.34. The van der Waals surface area contributed by atoms with Crippen molar-refractivity contribution in [2.45, 2.75) is 32.4 Å². The van der Waals surface area contributed by atoms with Gasteiger partial charge in [-0.2, -0.15) is 31.3 Å². The van der Waals surface area contributed by atoms with Gasteiger partial charge in [-0.3, -0.25) is 9.69 Å². The molecule has 15 heteroatoms. The van der Waals surface area contributed by atoms with Gasteiger partial charge >= 0.3 is 12.4 Å². The first-order chi connectivity index (χ1) is 20.8. The molecule has 2 aromatic carbocycles. The van der Waals surface area contributed by atoms with Crippen LogP contribution in [-0.2, 0) is 30.3 Å². The number of halogens is 6. The average molecular weight is 657 g/mol. The van der Waals surface area contributed by atoms with Gasteiger partial charge in [0.15, 0.2) is 16.7 Å². The number of nitrogens with zero attached hydrogens (tertiary/aromatic N) is 4. The molecule has 0 aliphatic carbocycles. The van der Waals surface area contributed by atoms with E-state index in [-0.39, 0.29) is 23.5 Å². The molecule has 2 aliphatic heterocycles. The van der Waals surface area contributed by atoms with Gasteiger partial charge in [0.2, 0.25) is 0 Å². The van der Waals surface area contributed by atoms with Crippen molar-refractivity contribution in [3.8, 4) is 11.5 Å². The number of aliphatic imine (C=N–C) groups is 1. The van der Waals surface area contributed by atoms with E-state index in [1.807, 2.05) is 6.92 Å². The highest BCUT2D eigenvalue weighted by Gasteiger charge is 2.38. The van der Waals surface area contributed by atoms with E-state index in [9.17, 15) is 31.1 Å². The number of alkyl halides is 6. The molecule has 7 nitrogen and oxygen atoms in total. The second-order valence-electron chi connectivity index (χ2n) is 10.00. The minimum atomic E-state index is -5.01. The summed E-state index contributed by atoms with van der Waals surface area (Å²) in [5.41, 5.74) is -1.69. The Morgan fingerprint density at radius 3 is 2.36 bits per heavy atom. The monoisotopic (exact) mass is 656 g/mol. The highest BCUT2D eigenvalue weighted by atomic mass is 32.2. The van der Waals surface area contributed by atoms with Crippen molar-refractivity contribution in [2.75, 3.05) is 33.3 Å². The summed E-state index contributed by atoms with van der Waals surface area (Å²) in [6, 6.07) is 5.99. The fraction of sp³-hybridized carbons (Fsp3) is 0.345. The summed E-state index contributed by atoms with van der Waals surface area (Å²) in [7, 11) is 1.34. The second-order valence-corrected chi connectivity index (χ2v) is 12.1. The molecule has 1 aromatic heterocycles. The molecule has 0 radical (unpaired) electrons. The number of piperazine rings is 1. The summed E-state index contributed by atoms with van der Waals surface area (Å²) in [5, 5.41) is 3.71. The summed E-state index contributed by atoms with van der Waals surface area (Å²) < 4.78 is 90.4. The first kappa shape index (κ1) is 31.9. The van der Waals surface area contributed by atoms with E-state index in [2.05, 4.69) is 25.2 Å². The number of hydrogen-bond acceptors (Lipinski definition) is 8. The molecule has 3 heterocycles. The van der Waals surface area contributed by atoms with E-state index >= 15 is 0 Å². The molecule has 0 atom stereocenters. The predicted octanol–water partition coefficient (Wildman–Crippen LogP) is 6.86. The lowest BCUT2D eigenvalue weighted by Crippen LogP contribution is -2.47. The molecular formula is C29H26F6N4O3S2.